The minimum atomic E-state index is -0.476. The molecule has 0 unspecified atom stereocenters. The number of pyridine rings is 3. The number of rotatable bonds is 15. The predicted molar refractivity (Wildman–Crippen MR) is 435 cm³/mol. The Labute approximate surface area is 656 Å². The van der Waals surface area contributed by atoms with Crippen LogP contribution in [0, 0.1) is 33.9 Å². The number of hydrogen-bond acceptors (Lipinski definition) is 18. The largest absolute Gasteiger partial charge is 0.494 e. The fourth-order valence-corrected chi connectivity index (χ4v) is 13.7. The van der Waals surface area contributed by atoms with Gasteiger partial charge in [-0.15, -0.1) is 0 Å². The molecule has 8 aromatic rings. The Morgan fingerprint density at radius 2 is 0.806 bits per heavy atom. The maximum absolute atomic E-state index is 10.0. The van der Waals surface area contributed by atoms with Gasteiger partial charge in [-0.05, 0) is 174 Å². The summed E-state index contributed by atoms with van der Waals surface area (Å²) in [5.41, 5.74) is 11.0. The maximum Gasteiger partial charge on any atom is 0.494 e. The molecule has 9 heterocycles. The molecule has 0 aliphatic carbocycles. The molecule has 20 nitrogen and oxygen atoms in total. The van der Waals surface area contributed by atoms with Crippen molar-refractivity contribution < 1.29 is 57.5 Å². The number of halogens is 2. The van der Waals surface area contributed by atoms with Gasteiger partial charge in [0, 0.05) is 118 Å². The Morgan fingerprint density at radius 1 is 0.444 bits per heavy atom. The minimum absolute atomic E-state index is 0.0375. The number of aliphatic hydroxyl groups excluding tert-OH is 3. The molecule has 25 heteroatoms. The lowest BCUT2D eigenvalue weighted by molar-refractivity contribution is 0.00578. The number of aliphatic hydroxyl groups is 3. The van der Waals surface area contributed by atoms with Crippen molar-refractivity contribution in [2.24, 2.45) is 0 Å². The van der Waals surface area contributed by atoms with Gasteiger partial charge in [0.1, 0.15) is 18.3 Å². The normalized spacial score (nSPS) is 20.2. The summed E-state index contributed by atoms with van der Waals surface area (Å²) in [5.74, 6) is 1.98. The van der Waals surface area contributed by atoms with Crippen molar-refractivity contribution in [3.8, 4) is 28.8 Å². The van der Waals surface area contributed by atoms with E-state index in [-0.39, 0.29) is 71.7 Å². The summed E-state index contributed by atoms with van der Waals surface area (Å²) in [6.07, 6.45) is 8.50. The molecule has 14 rings (SSSR count). The van der Waals surface area contributed by atoms with Gasteiger partial charge in [-0.3, -0.25) is 0 Å². The number of anilines is 3. The average Bonchev–Trinajstić information content (AvgIpc) is 1.60. The van der Waals surface area contributed by atoms with E-state index in [2.05, 4.69) is 77.3 Å². The molecule has 0 spiro atoms. The molecule has 0 saturated carbocycles. The fraction of sp³-hybridized carbons (Fsp3) is 0.434. The minimum Gasteiger partial charge on any atom is -0.472 e. The van der Waals surface area contributed by atoms with E-state index in [0.29, 0.717) is 29.0 Å². The van der Waals surface area contributed by atoms with Gasteiger partial charge in [0.2, 0.25) is 23.3 Å². The first-order chi connectivity index (χ1) is 51.2. The molecule has 3 N–H and O–H groups in total. The van der Waals surface area contributed by atoms with Crippen molar-refractivity contribution >= 4 is 86.9 Å². The van der Waals surface area contributed by atoms with Crippen LogP contribution in [0.2, 0.25) is 0 Å². The van der Waals surface area contributed by atoms with E-state index in [1.165, 1.54) is 0 Å². The Morgan fingerprint density at radius 3 is 1.19 bits per heavy atom. The number of ether oxygens (including phenoxy) is 3. The lowest BCUT2D eigenvalue weighted by Crippen LogP contribution is -2.41. The van der Waals surface area contributed by atoms with E-state index >= 15 is 0 Å². The molecular formula is C83H101B3Br2N8O12. The number of aryl methyl sites for hydroxylation is 3. The monoisotopic (exact) mass is 1590 g/mol. The molecule has 6 aliphatic rings. The van der Waals surface area contributed by atoms with Crippen LogP contribution in [0.5, 0.6) is 17.6 Å². The summed E-state index contributed by atoms with van der Waals surface area (Å²) in [6, 6.07) is 44.8. The van der Waals surface area contributed by atoms with Gasteiger partial charge in [0.05, 0.1) is 86.2 Å². The first-order valence-corrected chi connectivity index (χ1v) is 38.4. The summed E-state index contributed by atoms with van der Waals surface area (Å²) in [6.45, 7) is 49.4. The number of para-hydroxylation sites is 2. The summed E-state index contributed by atoms with van der Waals surface area (Å²) in [7, 11) is -1.39. The highest BCUT2D eigenvalue weighted by atomic mass is 79.9. The van der Waals surface area contributed by atoms with E-state index in [1.54, 1.807) is 6.07 Å². The number of hydrogen-bond donors (Lipinski definition) is 3. The molecule has 0 amide bonds. The zero-order chi connectivity index (χ0) is 77.9. The molecule has 0 bridgehead atoms. The molecule has 568 valence electrons. The highest BCUT2D eigenvalue weighted by molar-refractivity contribution is 9.10. The van der Waals surface area contributed by atoms with E-state index in [9.17, 15) is 15.3 Å². The number of aromatic nitrogens is 3. The smallest absolute Gasteiger partial charge is 0.472 e. The Balaban J connectivity index is 0.000000150. The lowest BCUT2D eigenvalue weighted by Gasteiger charge is -2.32. The highest BCUT2D eigenvalue weighted by Crippen LogP contribution is 2.44. The summed E-state index contributed by atoms with van der Waals surface area (Å²) in [4.78, 5) is 26.6. The van der Waals surface area contributed by atoms with Crippen molar-refractivity contribution in [2.75, 3.05) is 54.0 Å². The van der Waals surface area contributed by atoms with Crippen LogP contribution in [0.15, 0.2) is 167 Å². The second-order valence-electron chi connectivity index (χ2n) is 31.0. The SMILES string of the molecule is CC1(C)OB(B2OC(C)(C)C(C)(C)O2)OC1(C)C.Cc1ccc(O[C@H]2CCN(c3ccc(B4OC(C)(C)C(C)(C)O4)cc3CO)C2)nc1.Cc1ccc(O[C@H]2CCN(c3ccc(Br)cc3CO)C2)nc1.[C-]#[N+]c1ccccc1-c1ccc(N2CC[C@H](Oc3ccc(C)cn3)C2)c(CO)c1.[C-]#[N+]c1ccccc1Br. The van der Waals surface area contributed by atoms with Crippen LogP contribution in [-0.2, 0) is 47.7 Å². The second-order valence-corrected chi connectivity index (χ2v) is 32.7. The van der Waals surface area contributed by atoms with Gasteiger partial charge >= 0.3 is 21.1 Å². The molecule has 6 fully saturated rings. The third-order valence-electron chi connectivity index (χ3n) is 21.3. The molecule has 108 heavy (non-hydrogen) atoms. The molecular weight excluding hydrogens is 1490 g/mol. The van der Waals surface area contributed by atoms with Crippen LogP contribution in [0.25, 0.3) is 20.8 Å². The fourth-order valence-electron chi connectivity index (χ4n) is 12.9. The molecule has 3 aromatic heterocycles. The molecule has 5 aromatic carbocycles. The Hall–Kier alpha value is -7.88. The van der Waals surface area contributed by atoms with Crippen LogP contribution in [-0.4, -0.2) is 143 Å². The molecule has 0 radical (unpaired) electrons. The topological polar surface area (TPSA) is 201 Å². The molecule has 6 aliphatic heterocycles. The van der Waals surface area contributed by atoms with Gasteiger partial charge in [0.15, 0.2) is 5.69 Å². The van der Waals surface area contributed by atoms with Gasteiger partial charge in [-0.25, -0.2) is 24.6 Å². The quantitative estimate of drug-likeness (QED) is 0.0646. The first-order valence-electron chi connectivity index (χ1n) is 36.8. The zero-order valence-electron chi connectivity index (χ0n) is 64.8. The van der Waals surface area contributed by atoms with E-state index < -0.39 is 21.1 Å². The summed E-state index contributed by atoms with van der Waals surface area (Å²) in [5, 5.41) is 29.5. The van der Waals surface area contributed by atoms with E-state index in [4.69, 9.17) is 55.3 Å². The van der Waals surface area contributed by atoms with E-state index in [0.717, 1.165) is 135 Å². The van der Waals surface area contributed by atoms with Crippen LogP contribution in [0.1, 0.15) is 136 Å². The third-order valence-corrected chi connectivity index (χ3v) is 22.5. The van der Waals surface area contributed by atoms with Crippen molar-refractivity contribution in [1.29, 1.82) is 0 Å². The van der Waals surface area contributed by atoms with Crippen molar-refractivity contribution in [3.63, 3.8) is 0 Å². The average molecular weight is 1600 g/mol. The Bertz CT molecular complexity index is 4350. The summed E-state index contributed by atoms with van der Waals surface area (Å²) < 4.78 is 56.1. The third kappa shape index (κ3) is 20.4. The second kappa shape index (κ2) is 35.4. The zero-order valence-corrected chi connectivity index (χ0v) is 68.0. The van der Waals surface area contributed by atoms with Crippen molar-refractivity contribution in [1.82, 2.24) is 15.0 Å². The van der Waals surface area contributed by atoms with Gasteiger partial charge in [-0.1, -0.05) is 117 Å². The number of benzene rings is 5. The predicted octanol–water partition coefficient (Wildman–Crippen LogP) is 16.1. The molecule has 6 saturated heterocycles. The van der Waals surface area contributed by atoms with E-state index in [1.807, 2.05) is 250 Å². The maximum atomic E-state index is 10.0. The van der Waals surface area contributed by atoms with Crippen LogP contribution in [0.3, 0.4) is 0 Å². The molecule has 3 atom stereocenters. The number of nitrogens with zero attached hydrogens (tertiary/aromatic N) is 8. The summed E-state index contributed by atoms with van der Waals surface area (Å²) >= 11 is 6.69. The van der Waals surface area contributed by atoms with Gasteiger partial charge < -0.3 is 72.2 Å². The van der Waals surface area contributed by atoms with Crippen LogP contribution in [0.4, 0.5) is 28.4 Å². The Kier molecular flexibility index (Phi) is 27.1. The highest BCUT2D eigenvalue weighted by Gasteiger charge is 2.64. The van der Waals surface area contributed by atoms with Gasteiger partial charge in [-0.2, -0.15) is 0 Å². The standard InChI is InChI=1S/C24H23N3O2.C23H31BN2O4.C17H19BrN2O2.C12H24B2O4.C7H4BrN/c1-17-7-10-24(26-14-17)29-20-11-12-27(15-20)23-9-8-18(13-19(23)16-28)21-5-3-4-6-22(21)25-2;1-16-6-9-21(25-13-16)28-19-10-11-26(14-19)20-8-7-18(12-17(20)15-27)24-29-22(2,3)23(4,5)30-24;1-12-2-5-17(19-9-12)22-15-6-7-20(10-15)16-4-3-14(18)8-13(16)11-21;1-9(2)10(3,4)16-13(15-9)14-17-11(5,6)12(7,8)18-14;1-9-7-5-3-2-4-6(7)8/h3-10,13-14,20,28H,11-12,15-16H2,1H3;6-9,12-13,19,27H,10-11,14-15H2,1-5H3;2-5,8-9,15,21H,6-7,10-11H2,1H3;1-8H3;2-5H/t20-;19-;15-;;/m000../s1. The van der Waals surface area contributed by atoms with Gasteiger partial charge in [0.25, 0.3) is 0 Å². The van der Waals surface area contributed by atoms with Crippen molar-refractivity contribution in [3.05, 3.63) is 223 Å². The van der Waals surface area contributed by atoms with Crippen LogP contribution < -0.4 is 34.4 Å². The lowest BCUT2D eigenvalue weighted by atomic mass is 9.49. The van der Waals surface area contributed by atoms with Crippen LogP contribution >= 0.6 is 31.9 Å². The first kappa shape index (κ1) is 82.6. The van der Waals surface area contributed by atoms with Crippen molar-refractivity contribution in [2.45, 2.75) is 195 Å².